The van der Waals surface area contributed by atoms with Crippen molar-refractivity contribution in [1.82, 2.24) is 10.0 Å². The maximum absolute atomic E-state index is 14.6. The number of thioether (sulfide) groups is 1. The molecule has 0 aromatic heterocycles. The lowest BCUT2D eigenvalue weighted by Crippen LogP contribution is -2.47. The summed E-state index contributed by atoms with van der Waals surface area (Å²) < 4.78 is 20.3. The van der Waals surface area contributed by atoms with Crippen molar-refractivity contribution < 1.29 is 18.7 Å². The van der Waals surface area contributed by atoms with Crippen molar-refractivity contribution in [1.29, 1.82) is 0 Å². The molecule has 7 nitrogen and oxygen atoms in total. The van der Waals surface area contributed by atoms with Crippen LogP contribution in [0.3, 0.4) is 0 Å². The SMILES string of the molecule is C#CCN1C(=O)C2(CC2)Oc2cc(F)c(/N=C\SC(=O)N3CCCCN3C)cc21. The highest BCUT2D eigenvalue weighted by molar-refractivity contribution is 8.24. The molecule has 1 saturated heterocycles. The average Bonchev–Trinajstić information content (AvgIpc) is 3.47. The fourth-order valence-electron chi connectivity index (χ4n) is 3.52. The lowest BCUT2D eigenvalue weighted by atomic mass is 10.1. The summed E-state index contributed by atoms with van der Waals surface area (Å²) in [6, 6.07) is 2.66. The van der Waals surface area contributed by atoms with Gasteiger partial charge in [0, 0.05) is 39.0 Å². The molecular weight excluding hydrogens is 395 g/mol. The number of benzene rings is 1. The van der Waals surface area contributed by atoms with E-state index in [-0.39, 0.29) is 29.1 Å². The van der Waals surface area contributed by atoms with E-state index in [9.17, 15) is 14.0 Å². The second-order valence-electron chi connectivity index (χ2n) is 7.29. The number of carbonyl (C=O) groups excluding carboxylic acids is 2. The Kier molecular flexibility index (Phi) is 5.23. The molecule has 0 N–H and O–H groups in total. The average molecular weight is 416 g/mol. The fraction of sp³-hybridized carbons (Fsp3) is 0.450. The summed E-state index contributed by atoms with van der Waals surface area (Å²) in [5, 5.41) is 3.36. The van der Waals surface area contributed by atoms with Gasteiger partial charge in [0.05, 0.1) is 17.8 Å². The first-order chi connectivity index (χ1) is 13.9. The standard InChI is InChI=1S/C20H21FN4O3S/c1-3-8-24-16-12-15(14(21)11-17(16)28-20(6-7-20)18(24)26)22-13-29-19(27)25-10-5-4-9-23(25)2/h1,11-13H,4-10H2,2H3/b22-13-. The van der Waals surface area contributed by atoms with Crippen molar-refractivity contribution >= 4 is 39.8 Å². The number of carbonyl (C=O) groups is 2. The van der Waals surface area contributed by atoms with Crippen molar-refractivity contribution in [2.24, 2.45) is 4.99 Å². The zero-order valence-corrected chi connectivity index (χ0v) is 16.9. The molecule has 4 rings (SSSR count). The zero-order chi connectivity index (χ0) is 20.6. The molecule has 1 aliphatic carbocycles. The third kappa shape index (κ3) is 3.70. The number of amides is 2. The third-order valence-electron chi connectivity index (χ3n) is 5.28. The van der Waals surface area contributed by atoms with Gasteiger partial charge in [0.15, 0.2) is 11.4 Å². The van der Waals surface area contributed by atoms with Crippen LogP contribution in [0.4, 0.5) is 20.6 Å². The Bertz CT molecular complexity index is 925. The third-order valence-corrected chi connectivity index (χ3v) is 5.91. The number of terminal acetylenes is 1. The minimum Gasteiger partial charge on any atom is -0.475 e. The fourth-order valence-corrected chi connectivity index (χ4v) is 4.13. The Hall–Kier alpha value is -2.57. The number of hydrazine groups is 1. The van der Waals surface area contributed by atoms with Gasteiger partial charge in [-0.3, -0.25) is 19.5 Å². The van der Waals surface area contributed by atoms with E-state index >= 15 is 0 Å². The maximum atomic E-state index is 14.6. The molecule has 1 saturated carbocycles. The van der Waals surface area contributed by atoms with Crippen LogP contribution >= 0.6 is 11.8 Å². The van der Waals surface area contributed by atoms with Gasteiger partial charge in [-0.2, -0.15) is 0 Å². The predicted octanol–water partition coefficient (Wildman–Crippen LogP) is 3.17. The number of halogens is 1. The summed E-state index contributed by atoms with van der Waals surface area (Å²) in [5.74, 6) is 1.95. The molecule has 0 atom stereocenters. The first-order valence-corrected chi connectivity index (χ1v) is 10.3. The summed E-state index contributed by atoms with van der Waals surface area (Å²) in [4.78, 5) is 30.6. The summed E-state index contributed by atoms with van der Waals surface area (Å²) in [6.07, 6.45) is 8.61. The quantitative estimate of drug-likeness (QED) is 0.430. The van der Waals surface area contributed by atoms with E-state index < -0.39 is 11.4 Å². The van der Waals surface area contributed by atoms with Crippen molar-refractivity contribution in [3.05, 3.63) is 17.9 Å². The number of rotatable bonds is 3. The highest BCUT2D eigenvalue weighted by atomic mass is 32.2. The molecule has 0 unspecified atom stereocenters. The highest BCUT2D eigenvalue weighted by Gasteiger charge is 2.58. The Morgan fingerprint density at radius 3 is 2.86 bits per heavy atom. The van der Waals surface area contributed by atoms with Gasteiger partial charge < -0.3 is 4.74 Å². The van der Waals surface area contributed by atoms with Gasteiger partial charge in [-0.15, -0.1) is 6.42 Å². The maximum Gasteiger partial charge on any atom is 0.301 e. The Morgan fingerprint density at radius 1 is 1.41 bits per heavy atom. The molecule has 1 aromatic rings. The van der Waals surface area contributed by atoms with Crippen molar-refractivity contribution in [3.8, 4) is 18.1 Å². The molecule has 2 heterocycles. The van der Waals surface area contributed by atoms with Crippen LogP contribution < -0.4 is 9.64 Å². The zero-order valence-electron chi connectivity index (χ0n) is 16.1. The lowest BCUT2D eigenvalue weighted by molar-refractivity contribution is -0.128. The van der Waals surface area contributed by atoms with Crippen LogP contribution in [0.25, 0.3) is 0 Å². The topological polar surface area (TPSA) is 65.5 Å². The normalized spacial score (nSPS) is 20.5. The number of hydrogen-bond acceptors (Lipinski definition) is 6. The van der Waals surface area contributed by atoms with Crippen LogP contribution in [0.2, 0.25) is 0 Å². The predicted molar refractivity (Wildman–Crippen MR) is 110 cm³/mol. The van der Waals surface area contributed by atoms with Crippen LogP contribution in [-0.2, 0) is 4.79 Å². The van der Waals surface area contributed by atoms with E-state index in [2.05, 4.69) is 10.9 Å². The summed E-state index contributed by atoms with van der Waals surface area (Å²) >= 11 is 0.892. The van der Waals surface area contributed by atoms with Gasteiger partial charge in [-0.1, -0.05) is 5.92 Å². The number of fused-ring (bicyclic) bond motifs is 1. The number of hydrogen-bond donors (Lipinski definition) is 0. The molecule has 9 heteroatoms. The number of nitrogens with zero attached hydrogens (tertiary/aromatic N) is 4. The smallest absolute Gasteiger partial charge is 0.301 e. The molecule has 2 amide bonds. The second-order valence-corrected chi connectivity index (χ2v) is 8.09. The molecule has 0 radical (unpaired) electrons. The monoisotopic (exact) mass is 416 g/mol. The van der Waals surface area contributed by atoms with Crippen molar-refractivity contribution in [3.63, 3.8) is 0 Å². The van der Waals surface area contributed by atoms with Gasteiger partial charge in [-0.05, 0) is 30.7 Å². The van der Waals surface area contributed by atoms with Gasteiger partial charge in [0.2, 0.25) is 0 Å². The Balaban J connectivity index is 1.53. The lowest BCUT2D eigenvalue weighted by Gasteiger charge is -2.35. The van der Waals surface area contributed by atoms with E-state index in [1.54, 1.807) is 5.01 Å². The molecule has 1 spiro atoms. The van der Waals surface area contributed by atoms with Gasteiger partial charge in [-0.25, -0.2) is 14.4 Å². The van der Waals surface area contributed by atoms with Crippen molar-refractivity contribution in [2.75, 3.05) is 31.6 Å². The van der Waals surface area contributed by atoms with Crippen LogP contribution in [0, 0.1) is 18.2 Å². The Morgan fingerprint density at radius 2 is 2.17 bits per heavy atom. The molecule has 3 aliphatic rings. The number of ether oxygens (including phenoxy) is 1. The van der Waals surface area contributed by atoms with Crippen molar-refractivity contribution in [2.45, 2.75) is 31.3 Å². The number of anilines is 1. The van der Waals surface area contributed by atoms with E-state index in [4.69, 9.17) is 11.2 Å². The molecule has 29 heavy (non-hydrogen) atoms. The van der Waals surface area contributed by atoms with Crippen LogP contribution in [-0.4, -0.2) is 59.0 Å². The second kappa shape index (κ2) is 7.69. The van der Waals surface area contributed by atoms with Crippen LogP contribution in [0.15, 0.2) is 17.1 Å². The van der Waals surface area contributed by atoms with E-state index in [1.165, 1.54) is 22.6 Å². The molecular formula is C20H21FN4O3S. The minimum absolute atomic E-state index is 0.0150. The van der Waals surface area contributed by atoms with Crippen LogP contribution in [0.1, 0.15) is 25.7 Å². The van der Waals surface area contributed by atoms with Crippen LogP contribution in [0.5, 0.6) is 5.75 Å². The molecule has 2 aliphatic heterocycles. The summed E-state index contributed by atoms with van der Waals surface area (Å²) in [6.45, 7) is 1.55. The van der Waals surface area contributed by atoms with Gasteiger partial charge >= 0.3 is 5.24 Å². The Labute approximate surface area is 172 Å². The first-order valence-electron chi connectivity index (χ1n) is 9.45. The largest absolute Gasteiger partial charge is 0.475 e. The molecule has 0 bridgehead atoms. The van der Waals surface area contributed by atoms with E-state index in [1.807, 2.05) is 12.1 Å². The molecule has 152 valence electrons. The summed E-state index contributed by atoms with van der Waals surface area (Å²) in [5.41, 5.74) is 0.825. The molecule has 2 fully saturated rings. The van der Waals surface area contributed by atoms with Gasteiger partial charge in [0.1, 0.15) is 11.4 Å². The van der Waals surface area contributed by atoms with E-state index in [0.29, 0.717) is 25.1 Å². The summed E-state index contributed by atoms with van der Waals surface area (Å²) in [7, 11) is 1.86. The highest BCUT2D eigenvalue weighted by Crippen LogP contribution is 2.50. The minimum atomic E-state index is -0.899. The van der Waals surface area contributed by atoms with E-state index in [0.717, 1.165) is 31.1 Å². The number of aliphatic imine (C=N–C) groups is 1. The first kappa shape index (κ1) is 19.7. The van der Waals surface area contributed by atoms with Gasteiger partial charge in [0.25, 0.3) is 5.91 Å². The molecule has 1 aromatic carbocycles.